The quantitative estimate of drug-likeness (QED) is 0.720. The second-order valence-electron chi connectivity index (χ2n) is 3.98. The molecule has 2 aromatic carbocycles. The summed E-state index contributed by atoms with van der Waals surface area (Å²) in [5, 5.41) is 4.26. The van der Waals surface area contributed by atoms with Crippen molar-refractivity contribution >= 4 is 32.4 Å². The number of nitrogens with one attached hydrogen (secondary N) is 1. The number of thiazole rings is 1. The topological polar surface area (TPSA) is 24.9 Å². The van der Waals surface area contributed by atoms with Gasteiger partial charge in [0, 0.05) is 5.69 Å². The maximum Gasteiger partial charge on any atom is 0.188 e. The van der Waals surface area contributed by atoms with Crippen LogP contribution in [0.5, 0.6) is 0 Å². The maximum absolute atomic E-state index is 4.56. The van der Waals surface area contributed by atoms with Crippen LogP contribution >= 0.6 is 11.3 Å². The lowest BCUT2D eigenvalue weighted by atomic mass is 10.2. The normalized spacial score (nSPS) is 10.6. The van der Waals surface area contributed by atoms with Crippen molar-refractivity contribution in [1.82, 2.24) is 4.98 Å². The predicted octanol–water partition coefficient (Wildman–Crippen LogP) is 4.35. The van der Waals surface area contributed by atoms with Crippen molar-refractivity contribution in [3.63, 3.8) is 0 Å². The fourth-order valence-corrected chi connectivity index (χ4v) is 2.71. The maximum atomic E-state index is 4.56. The lowest BCUT2D eigenvalue weighted by molar-refractivity contribution is 1.43. The second kappa shape index (κ2) is 4.18. The molecule has 0 spiro atoms. The van der Waals surface area contributed by atoms with Gasteiger partial charge in [0.05, 0.1) is 10.2 Å². The number of aryl methyl sites for hydroxylation is 1. The van der Waals surface area contributed by atoms with Gasteiger partial charge in [0.25, 0.3) is 0 Å². The van der Waals surface area contributed by atoms with Gasteiger partial charge in [0.1, 0.15) is 0 Å². The van der Waals surface area contributed by atoms with Crippen LogP contribution in [0, 0.1) is 6.92 Å². The molecule has 3 heteroatoms. The van der Waals surface area contributed by atoms with E-state index in [0.717, 1.165) is 16.3 Å². The van der Waals surface area contributed by atoms with E-state index in [1.165, 1.54) is 10.3 Å². The molecular formula is C14H12N2S. The molecule has 0 saturated carbocycles. The highest BCUT2D eigenvalue weighted by Gasteiger charge is 2.03. The number of aromatic nitrogens is 1. The number of hydrogen-bond donors (Lipinski definition) is 1. The summed E-state index contributed by atoms with van der Waals surface area (Å²) in [5.74, 6) is 0. The highest BCUT2D eigenvalue weighted by Crippen LogP contribution is 2.28. The fraction of sp³-hybridized carbons (Fsp3) is 0.0714. The second-order valence-corrected chi connectivity index (χ2v) is 5.01. The Balaban J connectivity index is 1.96. The third-order valence-corrected chi connectivity index (χ3v) is 3.50. The Morgan fingerprint density at radius 2 is 1.88 bits per heavy atom. The Bertz CT molecular complexity index is 644. The number of fused-ring (bicyclic) bond motifs is 1. The van der Waals surface area contributed by atoms with E-state index in [-0.39, 0.29) is 0 Å². The van der Waals surface area contributed by atoms with Gasteiger partial charge in [-0.25, -0.2) is 4.98 Å². The van der Waals surface area contributed by atoms with Gasteiger partial charge in [-0.05, 0) is 36.8 Å². The van der Waals surface area contributed by atoms with Crippen LogP contribution in [0.4, 0.5) is 10.8 Å². The van der Waals surface area contributed by atoms with Gasteiger partial charge >= 0.3 is 0 Å². The summed E-state index contributed by atoms with van der Waals surface area (Å²) >= 11 is 1.68. The van der Waals surface area contributed by atoms with Crippen LogP contribution < -0.4 is 5.32 Å². The molecule has 2 nitrogen and oxygen atoms in total. The third-order valence-electron chi connectivity index (χ3n) is 2.57. The van der Waals surface area contributed by atoms with Crippen molar-refractivity contribution in [2.75, 3.05) is 5.32 Å². The van der Waals surface area contributed by atoms with Gasteiger partial charge < -0.3 is 5.32 Å². The number of rotatable bonds is 2. The highest BCUT2D eigenvalue weighted by molar-refractivity contribution is 7.22. The molecule has 3 aromatic rings. The van der Waals surface area contributed by atoms with E-state index >= 15 is 0 Å². The smallest absolute Gasteiger partial charge is 0.188 e. The molecule has 1 heterocycles. The number of benzene rings is 2. The van der Waals surface area contributed by atoms with Crippen LogP contribution in [0.2, 0.25) is 0 Å². The van der Waals surface area contributed by atoms with Crippen molar-refractivity contribution in [3.8, 4) is 0 Å². The molecule has 0 unspecified atom stereocenters. The van der Waals surface area contributed by atoms with Crippen LogP contribution in [-0.4, -0.2) is 4.98 Å². The van der Waals surface area contributed by atoms with E-state index in [1.54, 1.807) is 11.3 Å². The first-order valence-corrected chi connectivity index (χ1v) is 6.32. The van der Waals surface area contributed by atoms with E-state index in [0.29, 0.717) is 0 Å². The van der Waals surface area contributed by atoms with Crippen LogP contribution in [0.3, 0.4) is 0 Å². The van der Waals surface area contributed by atoms with Crippen molar-refractivity contribution in [3.05, 3.63) is 54.1 Å². The minimum Gasteiger partial charge on any atom is -0.332 e. The van der Waals surface area contributed by atoms with E-state index < -0.39 is 0 Å². The van der Waals surface area contributed by atoms with Crippen LogP contribution in [0.25, 0.3) is 10.2 Å². The Morgan fingerprint density at radius 3 is 2.71 bits per heavy atom. The predicted molar refractivity (Wildman–Crippen MR) is 74.1 cm³/mol. The minimum absolute atomic E-state index is 0.941. The number of para-hydroxylation sites is 1. The lowest BCUT2D eigenvalue weighted by Gasteiger charge is -1.99. The van der Waals surface area contributed by atoms with Gasteiger partial charge in [0.15, 0.2) is 5.13 Å². The molecule has 0 aliphatic rings. The molecule has 1 aromatic heterocycles. The molecular weight excluding hydrogens is 228 g/mol. The first-order chi connectivity index (χ1) is 8.31. The minimum atomic E-state index is 0.941. The van der Waals surface area contributed by atoms with Gasteiger partial charge in [-0.15, -0.1) is 0 Å². The summed E-state index contributed by atoms with van der Waals surface area (Å²) in [6.07, 6.45) is 0. The molecule has 0 atom stereocenters. The van der Waals surface area contributed by atoms with E-state index in [1.807, 2.05) is 30.3 Å². The molecule has 0 bridgehead atoms. The summed E-state index contributed by atoms with van der Waals surface area (Å²) in [4.78, 5) is 4.56. The summed E-state index contributed by atoms with van der Waals surface area (Å²) in [6, 6.07) is 16.4. The molecule has 0 aliphatic carbocycles. The zero-order valence-corrected chi connectivity index (χ0v) is 10.3. The molecule has 0 saturated heterocycles. The molecule has 84 valence electrons. The molecule has 3 rings (SSSR count). The fourth-order valence-electron chi connectivity index (χ4n) is 1.73. The molecule has 17 heavy (non-hydrogen) atoms. The summed E-state index contributed by atoms with van der Waals surface area (Å²) < 4.78 is 1.23. The summed E-state index contributed by atoms with van der Waals surface area (Å²) in [7, 11) is 0. The van der Waals surface area contributed by atoms with E-state index in [9.17, 15) is 0 Å². The standard InChI is InChI=1S/C14H12N2S/c1-10-7-8-12-13(9-10)17-14(16-12)15-11-5-3-2-4-6-11/h2-9H,1H3,(H,15,16). The first kappa shape index (κ1) is 10.3. The van der Waals surface area contributed by atoms with Crippen LogP contribution in [0.15, 0.2) is 48.5 Å². The Labute approximate surface area is 104 Å². The number of hydrogen-bond acceptors (Lipinski definition) is 3. The molecule has 0 radical (unpaired) electrons. The first-order valence-electron chi connectivity index (χ1n) is 5.50. The van der Waals surface area contributed by atoms with Gasteiger partial charge in [0.2, 0.25) is 0 Å². The van der Waals surface area contributed by atoms with Crippen molar-refractivity contribution in [2.24, 2.45) is 0 Å². The highest BCUT2D eigenvalue weighted by atomic mass is 32.1. The average molecular weight is 240 g/mol. The van der Waals surface area contributed by atoms with Crippen LogP contribution in [0.1, 0.15) is 5.56 Å². The van der Waals surface area contributed by atoms with Gasteiger partial charge in [-0.1, -0.05) is 35.6 Å². The van der Waals surface area contributed by atoms with Gasteiger partial charge in [-0.2, -0.15) is 0 Å². The number of nitrogens with zero attached hydrogens (tertiary/aromatic N) is 1. The zero-order valence-electron chi connectivity index (χ0n) is 9.47. The van der Waals surface area contributed by atoms with E-state index in [4.69, 9.17) is 0 Å². The Morgan fingerprint density at radius 1 is 1.06 bits per heavy atom. The SMILES string of the molecule is Cc1ccc2nc(Nc3ccccc3)sc2c1. The Hall–Kier alpha value is -1.87. The van der Waals surface area contributed by atoms with E-state index in [2.05, 4.69) is 35.4 Å². The molecule has 0 fully saturated rings. The Kier molecular flexibility index (Phi) is 2.53. The van der Waals surface area contributed by atoms with Crippen molar-refractivity contribution in [2.45, 2.75) is 6.92 Å². The van der Waals surface area contributed by atoms with Crippen LogP contribution in [-0.2, 0) is 0 Å². The van der Waals surface area contributed by atoms with Gasteiger partial charge in [-0.3, -0.25) is 0 Å². The third kappa shape index (κ3) is 2.15. The average Bonchev–Trinajstić information content (AvgIpc) is 2.71. The van der Waals surface area contributed by atoms with Crippen molar-refractivity contribution < 1.29 is 0 Å². The summed E-state index contributed by atoms with van der Waals surface area (Å²) in [6.45, 7) is 2.10. The monoisotopic (exact) mass is 240 g/mol. The molecule has 0 aliphatic heterocycles. The molecule has 1 N–H and O–H groups in total. The summed E-state index contributed by atoms with van der Waals surface area (Å²) in [5.41, 5.74) is 3.40. The van der Waals surface area contributed by atoms with Crippen molar-refractivity contribution in [1.29, 1.82) is 0 Å². The zero-order chi connectivity index (χ0) is 11.7. The molecule has 0 amide bonds. The largest absolute Gasteiger partial charge is 0.332 e. The lowest BCUT2D eigenvalue weighted by Crippen LogP contribution is -1.87. The number of anilines is 2.